The number of benzene rings is 1. The lowest BCUT2D eigenvalue weighted by atomic mass is 10.1. The molecule has 0 radical (unpaired) electrons. The third-order valence-electron chi connectivity index (χ3n) is 2.74. The second-order valence-electron chi connectivity index (χ2n) is 4.59. The van der Waals surface area contributed by atoms with Gasteiger partial charge in [-0.3, -0.25) is 0 Å². The first kappa shape index (κ1) is 19.3. The van der Waals surface area contributed by atoms with Crippen LogP contribution in [0.5, 0.6) is 0 Å². The van der Waals surface area contributed by atoms with Gasteiger partial charge in [0.05, 0.1) is 5.56 Å². The molecule has 0 atom stereocenters. The second kappa shape index (κ2) is 9.26. The van der Waals surface area contributed by atoms with Crippen molar-refractivity contribution >= 4 is 11.7 Å². The molecule has 1 aromatic carbocycles. The lowest BCUT2D eigenvalue weighted by Crippen LogP contribution is -2.24. The topological polar surface area (TPSA) is 41.1 Å². The number of halogens is 3. The van der Waals surface area contributed by atoms with Gasteiger partial charge in [-0.05, 0) is 24.6 Å². The number of carbonyl (C=O) groups excluding carboxylic acids is 1. The Kier molecular flexibility index (Phi) is 8.50. The van der Waals surface area contributed by atoms with Gasteiger partial charge in [-0.25, -0.2) is 4.79 Å². The van der Waals surface area contributed by atoms with Gasteiger partial charge in [0.25, 0.3) is 0 Å². The van der Waals surface area contributed by atoms with Crippen molar-refractivity contribution in [3.63, 3.8) is 0 Å². The van der Waals surface area contributed by atoms with E-state index in [1.165, 1.54) is 45.4 Å². The zero-order valence-corrected chi connectivity index (χ0v) is 12.9. The van der Waals surface area contributed by atoms with Gasteiger partial charge in [-0.2, -0.15) is 13.2 Å². The molecule has 0 saturated carbocycles. The maximum atomic E-state index is 12.5. The smallest absolute Gasteiger partial charge is 0.341 e. The molecule has 0 aromatic heterocycles. The Hall–Kier alpha value is -1.72. The molecule has 0 aliphatic rings. The molecule has 1 aromatic rings. The number of hydrogen-bond donors (Lipinski definition) is 2. The predicted octanol–water partition coefficient (Wildman–Crippen LogP) is 4.96. The highest BCUT2D eigenvalue weighted by Gasteiger charge is 2.32. The van der Waals surface area contributed by atoms with Gasteiger partial charge in [0.1, 0.15) is 0 Å². The van der Waals surface area contributed by atoms with Gasteiger partial charge < -0.3 is 10.6 Å². The van der Waals surface area contributed by atoms with Crippen LogP contribution < -0.4 is 10.6 Å². The molecule has 0 heterocycles. The van der Waals surface area contributed by atoms with Gasteiger partial charge in [-0.1, -0.05) is 39.2 Å². The van der Waals surface area contributed by atoms with E-state index in [0.717, 1.165) is 6.07 Å². The van der Waals surface area contributed by atoms with Crippen molar-refractivity contribution in [1.29, 1.82) is 0 Å². The van der Waals surface area contributed by atoms with E-state index in [2.05, 4.69) is 24.5 Å². The highest BCUT2D eigenvalue weighted by molar-refractivity contribution is 5.89. The number of urea groups is 1. The summed E-state index contributed by atoms with van der Waals surface area (Å²) in [6, 6.07) is 3.08. The Morgan fingerprint density at radius 2 is 1.76 bits per heavy atom. The summed E-state index contributed by atoms with van der Waals surface area (Å²) in [7, 11) is 1.38. The summed E-state index contributed by atoms with van der Waals surface area (Å²) in [4.78, 5) is 10.9. The van der Waals surface area contributed by atoms with Crippen molar-refractivity contribution in [2.75, 3.05) is 12.4 Å². The number of unbranched alkanes of at least 4 members (excludes halogenated alkanes) is 2. The molecule has 0 fully saturated rings. The average molecular weight is 304 g/mol. The lowest BCUT2D eigenvalue weighted by Gasteiger charge is -2.12. The molecular weight excluding hydrogens is 281 g/mol. The van der Waals surface area contributed by atoms with Crippen LogP contribution in [0.15, 0.2) is 18.2 Å². The Bertz CT molecular complexity index is 443. The van der Waals surface area contributed by atoms with Crippen LogP contribution in [0.1, 0.15) is 44.2 Å². The highest BCUT2D eigenvalue weighted by Crippen LogP contribution is 2.33. The minimum Gasteiger partial charge on any atom is -0.341 e. The minimum absolute atomic E-state index is 0.109. The van der Waals surface area contributed by atoms with E-state index >= 15 is 0 Å². The van der Waals surface area contributed by atoms with Crippen molar-refractivity contribution in [2.24, 2.45) is 0 Å². The first-order valence-corrected chi connectivity index (χ1v) is 6.92. The molecule has 3 nitrogen and oxygen atoms in total. The molecule has 0 aliphatic carbocycles. The number of aryl methyl sites for hydroxylation is 1. The van der Waals surface area contributed by atoms with E-state index in [9.17, 15) is 18.0 Å². The predicted molar refractivity (Wildman–Crippen MR) is 79.5 cm³/mol. The fraction of sp³-hybridized carbons (Fsp3) is 0.533. The first-order valence-electron chi connectivity index (χ1n) is 6.92. The summed E-state index contributed by atoms with van der Waals surface area (Å²) in [6.45, 7) is 5.79. The maximum absolute atomic E-state index is 12.5. The van der Waals surface area contributed by atoms with Crippen molar-refractivity contribution in [1.82, 2.24) is 5.32 Å². The molecule has 2 amide bonds. The van der Waals surface area contributed by atoms with Crippen LogP contribution in [-0.4, -0.2) is 13.1 Å². The van der Waals surface area contributed by atoms with Gasteiger partial charge in [0, 0.05) is 12.7 Å². The first-order chi connectivity index (χ1) is 9.76. The monoisotopic (exact) mass is 304 g/mol. The van der Waals surface area contributed by atoms with E-state index in [-0.39, 0.29) is 11.3 Å². The van der Waals surface area contributed by atoms with Crippen LogP contribution in [0.25, 0.3) is 0 Å². The van der Waals surface area contributed by atoms with E-state index in [4.69, 9.17) is 0 Å². The number of alkyl halides is 3. The molecule has 21 heavy (non-hydrogen) atoms. The molecule has 0 unspecified atom stereocenters. The zero-order chi connectivity index (χ0) is 16.5. The second-order valence-corrected chi connectivity index (χ2v) is 4.59. The fourth-order valence-electron chi connectivity index (χ4n) is 1.55. The summed E-state index contributed by atoms with van der Waals surface area (Å²) >= 11 is 0. The Labute approximate surface area is 123 Å². The summed E-state index contributed by atoms with van der Waals surface area (Å²) in [5.41, 5.74) is -0.520. The third kappa shape index (κ3) is 7.58. The number of hydrogen-bond acceptors (Lipinski definition) is 1. The van der Waals surface area contributed by atoms with Gasteiger partial charge >= 0.3 is 12.2 Å². The van der Waals surface area contributed by atoms with Crippen LogP contribution in [-0.2, 0) is 6.18 Å². The summed E-state index contributed by atoms with van der Waals surface area (Å²) in [5, 5.41) is 4.54. The van der Waals surface area contributed by atoms with Crippen LogP contribution in [0, 0.1) is 6.92 Å². The third-order valence-corrected chi connectivity index (χ3v) is 2.74. The van der Waals surface area contributed by atoms with Gasteiger partial charge in [-0.15, -0.1) is 0 Å². The largest absolute Gasteiger partial charge is 0.416 e. The van der Waals surface area contributed by atoms with Crippen LogP contribution in [0.3, 0.4) is 0 Å². The Morgan fingerprint density at radius 3 is 2.14 bits per heavy atom. The number of nitrogens with one attached hydrogen (secondary N) is 2. The minimum atomic E-state index is -4.41. The van der Waals surface area contributed by atoms with Gasteiger partial charge in [0.15, 0.2) is 0 Å². The Morgan fingerprint density at radius 1 is 1.19 bits per heavy atom. The van der Waals surface area contributed by atoms with Crippen molar-refractivity contribution in [3.8, 4) is 0 Å². The molecule has 0 saturated heterocycles. The van der Waals surface area contributed by atoms with Crippen molar-refractivity contribution in [2.45, 2.75) is 46.2 Å². The molecule has 120 valence electrons. The summed E-state index contributed by atoms with van der Waals surface area (Å²) in [6.07, 6.45) is -0.336. The molecule has 1 rings (SSSR count). The average Bonchev–Trinajstić information content (AvgIpc) is 2.41. The molecular formula is C15H23F3N2O. The molecule has 0 aliphatic heterocycles. The van der Waals surface area contributed by atoms with Crippen LogP contribution in [0.4, 0.5) is 23.7 Å². The fourth-order valence-corrected chi connectivity index (χ4v) is 1.55. The van der Waals surface area contributed by atoms with Crippen LogP contribution in [0.2, 0.25) is 0 Å². The molecule has 6 heteroatoms. The number of rotatable bonds is 3. The standard InChI is InChI=1S/C10H11F3N2O.C5H12/c1-6-3-4-7(15-9(16)14-2)5-8(6)10(11,12)13;1-3-5-4-2/h3-5H,1-2H3,(H2,14,15,16);3-5H2,1-2H3. The van der Waals surface area contributed by atoms with E-state index in [1.807, 2.05) is 0 Å². The number of amides is 2. The zero-order valence-electron chi connectivity index (χ0n) is 12.9. The SMILES string of the molecule is CCCCC.CNC(=O)Nc1ccc(C)c(C(F)(F)F)c1. The highest BCUT2D eigenvalue weighted by atomic mass is 19.4. The van der Waals surface area contributed by atoms with Crippen molar-refractivity contribution in [3.05, 3.63) is 29.3 Å². The van der Waals surface area contributed by atoms with Gasteiger partial charge in [0.2, 0.25) is 0 Å². The number of carbonyl (C=O) groups is 1. The quantitative estimate of drug-likeness (QED) is 0.814. The lowest BCUT2D eigenvalue weighted by molar-refractivity contribution is -0.138. The molecule has 2 N–H and O–H groups in total. The van der Waals surface area contributed by atoms with E-state index in [1.54, 1.807) is 0 Å². The van der Waals surface area contributed by atoms with Crippen molar-refractivity contribution < 1.29 is 18.0 Å². The Balaban J connectivity index is 0.000000690. The van der Waals surface area contributed by atoms with E-state index in [0.29, 0.717) is 0 Å². The number of anilines is 1. The summed E-state index contributed by atoms with van der Waals surface area (Å²) in [5.74, 6) is 0. The normalized spacial score (nSPS) is 10.4. The maximum Gasteiger partial charge on any atom is 0.416 e. The van der Waals surface area contributed by atoms with E-state index < -0.39 is 17.8 Å². The van der Waals surface area contributed by atoms with Crippen LogP contribution >= 0.6 is 0 Å². The summed E-state index contributed by atoms with van der Waals surface area (Å²) < 4.78 is 37.6. The molecule has 0 spiro atoms. The molecule has 0 bridgehead atoms.